The summed E-state index contributed by atoms with van der Waals surface area (Å²) >= 11 is 0. The summed E-state index contributed by atoms with van der Waals surface area (Å²) < 4.78 is 5.69. The maximum Gasteiger partial charge on any atom is 0.234 e. The molecule has 0 saturated carbocycles. The molecule has 1 fully saturated rings. The van der Waals surface area contributed by atoms with Gasteiger partial charge in [-0.2, -0.15) is 0 Å². The predicted molar refractivity (Wildman–Crippen MR) is 71.3 cm³/mol. The summed E-state index contributed by atoms with van der Waals surface area (Å²) in [5.41, 5.74) is 7.09. The minimum Gasteiger partial charge on any atom is -0.439 e. The number of nitrogens with two attached hydrogens (primary N) is 1. The zero-order valence-corrected chi connectivity index (χ0v) is 10.7. The number of amides is 1. The Morgan fingerprint density at radius 3 is 3.05 bits per heavy atom. The van der Waals surface area contributed by atoms with Gasteiger partial charge in [0.15, 0.2) is 5.58 Å². The van der Waals surface area contributed by atoms with Crippen LogP contribution in [0.2, 0.25) is 0 Å². The SMILES string of the molecule is NC(=O)[C@@H]1CCCCN1Cc1nc2ccccc2o1. The molecule has 3 rings (SSSR count). The highest BCUT2D eigenvalue weighted by molar-refractivity contribution is 5.80. The zero-order chi connectivity index (χ0) is 13.2. The number of nitrogens with zero attached hydrogens (tertiary/aromatic N) is 2. The highest BCUT2D eigenvalue weighted by Crippen LogP contribution is 2.21. The minimum atomic E-state index is -0.254. The van der Waals surface area contributed by atoms with Crippen LogP contribution in [0.15, 0.2) is 28.7 Å². The molecule has 1 saturated heterocycles. The van der Waals surface area contributed by atoms with Crippen LogP contribution >= 0.6 is 0 Å². The van der Waals surface area contributed by atoms with E-state index in [2.05, 4.69) is 9.88 Å². The number of oxazole rings is 1. The second-order valence-corrected chi connectivity index (χ2v) is 4.96. The van der Waals surface area contributed by atoms with Crippen LogP contribution in [0.1, 0.15) is 25.2 Å². The van der Waals surface area contributed by atoms with Crippen LogP contribution in [-0.2, 0) is 11.3 Å². The number of carbonyl (C=O) groups excluding carboxylic acids is 1. The smallest absolute Gasteiger partial charge is 0.234 e. The first-order chi connectivity index (χ1) is 9.24. The van der Waals surface area contributed by atoms with E-state index < -0.39 is 0 Å². The van der Waals surface area contributed by atoms with E-state index >= 15 is 0 Å². The second kappa shape index (κ2) is 5.01. The number of piperidine rings is 1. The summed E-state index contributed by atoms with van der Waals surface area (Å²) in [6.07, 6.45) is 2.97. The second-order valence-electron chi connectivity index (χ2n) is 4.96. The summed E-state index contributed by atoms with van der Waals surface area (Å²) in [6.45, 7) is 1.41. The summed E-state index contributed by atoms with van der Waals surface area (Å²) in [4.78, 5) is 18.0. The van der Waals surface area contributed by atoms with Crippen molar-refractivity contribution in [2.24, 2.45) is 5.73 Å². The summed E-state index contributed by atoms with van der Waals surface area (Å²) in [7, 11) is 0. The number of rotatable bonds is 3. The Labute approximate surface area is 111 Å². The van der Waals surface area contributed by atoms with Crippen molar-refractivity contribution in [1.82, 2.24) is 9.88 Å². The number of primary amides is 1. The molecule has 19 heavy (non-hydrogen) atoms. The number of para-hydroxylation sites is 2. The van der Waals surface area contributed by atoms with Crippen molar-refractivity contribution in [3.63, 3.8) is 0 Å². The average molecular weight is 259 g/mol. The molecule has 5 heteroatoms. The molecular formula is C14H17N3O2. The molecule has 1 atom stereocenters. The van der Waals surface area contributed by atoms with Gasteiger partial charge in [0.05, 0.1) is 12.6 Å². The van der Waals surface area contributed by atoms with Crippen LogP contribution in [0.5, 0.6) is 0 Å². The molecule has 2 N–H and O–H groups in total. The molecule has 1 aromatic carbocycles. The van der Waals surface area contributed by atoms with Gasteiger partial charge in [-0.3, -0.25) is 9.69 Å². The zero-order valence-electron chi connectivity index (χ0n) is 10.7. The van der Waals surface area contributed by atoms with Crippen LogP contribution in [0, 0.1) is 0 Å². The van der Waals surface area contributed by atoms with E-state index in [9.17, 15) is 4.79 Å². The third-order valence-corrected chi connectivity index (χ3v) is 3.62. The van der Waals surface area contributed by atoms with E-state index in [1.807, 2.05) is 24.3 Å². The lowest BCUT2D eigenvalue weighted by atomic mass is 10.0. The third kappa shape index (κ3) is 2.46. The molecule has 1 aliphatic rings. The van der Waals surface area contributed by atoms with Gasteiger partial charge >= 0.3 is 0 Å². The fraction of sp³-hybridized carbons (Fsp3) is 0.429. The highest BCUT2D eigenvalue weighted by atomic mass is 16.3. The molecule has 2 heterocycles. The Kier molecular flexibility index (Phi) is 3.21. The fourth-order valence-electron chi connectivity index (χ4n) is 2.66. The van der Waals surface area contributed by atoms with Crippen LogP contribution in [-0.4, -0.2) is 28.4 Å². The molecule has 1 amide bonds. The van der Waals surface area contributed by atoms with E-state index in [0.717, 1.165) is 36.9 Å². The van der Waals surface area contributed by atoms with E-state index in [1.54, 1.807) is 0 Å². The maximum atomic E-state index is 11.5. The van der Waals surface area contributed by atoms with E-state index in [4.69, 9.17) is 10.2 Å². The minimum absolute atomic E-state index is 0.191. The van der Waals surface area contributed by atoms with E-state index in [-0.39, 0.29) is 11.9 Å². The molecule has 0 bridgehead atoms. The summed E-state index contributed by atoms with van der Waals surface area (Å²) in [6, 6.07) is 7.48. The molecule has 0 unspecified atom stereocenters. The van der Waals surface area contributed by atoms with Gasteiger partial charge in [0.25, 0.3) is 0 Å². The first kappa shape index (κ1) is 12.2. The normalized spacial score (nSPS) is 20.7. The maximum absolute atomic E-state index is 11.5. The van der Waals surface area contributed by atoms with Crippen molar-refractivity contribution in [2.45, 2.75) is 31.8 Å². The number of hydrogen-bond acceptors (Lipinski definition) is 4. The molecule has 100 valence electrons. The highest BCUT2D eigenvalue weighted by Gasteiger charge is 2.27. The Morgan fingerprint density at radius 2 is 2.26 bits per heavy atom. The van der Waals surface area contributed by atoms with Crippen molar-refractivity contribution >= 4 is 17.0 Å². The van der Waals surface area contributed by atoms with Gasteiger partial charge in [-0.25, -0.2) is 4.98 Å². The summed E-state index contributed by atoms with van der Waals surface area (Å²) in [5, 5.41) is 0. The van der Waals surface area contributed by atoms with Crippen LogP contribution in [0.25, 0.3) is 11.1 Å². The molecule has 2 aromatic rings. The predicted octanol–water partition coefficient (Wildman–Crippen LogP) is 1.67. The van der Waals surface area contributed by atoms with Crippen molar-refractivity contribution in [2.75, 3.05) is 6.54 Å². The van der Waals surface area contributed by atoms with Gasteiger partial charge in [-0.15, -0.1) is 0 Å². The molecular weight excluding hydrogens is 242 g/mol. The fourth-order valence-corrected chi connectivity index (χ4v) is 2.66. The first-order valence-electron chi connectivity index (χ1n) is 6.62. The Morgan fingerprint density at radius 1 is 1.42 bits per heavy atom. The topological polar surface area (TPSA) is 72.4 Å². The number of likely N-dealkylation sites (tertiary alicyclic amines) is 1. The van der Waals surface area contributed by atoms with E-state index in [1.165, 1.54) is 0 Å². The molecule has 0 radical (unpaired) electrons. The lowest BCUT2D eigenvalue weighted by Gasteiger charge is -2.32. The van der Waals surface area contributed by atoms with Crippen LogP contribution in [0.4, 0.5) is 0 Å². The number of benzene rings is 1. The lowest BCUT2D eigenvalue weighted by molar-refractivity contribution is -0.124. The summed E-state index contributed by atoms with van der Waals surface area (Å²) in [5.74, 6) is 0.394. The molecule has 1 aliphatic heterocycles. The molecule has 0 aliphatic carbocycles. The Hall–Kier alpha value is -1.88. The van der Waals surface area contributed by atoms with Crippen molar-refractivity contribution < 1.29 is 9.21 Å². The first-order valence-corrected chi connectivity index (χ1v) is 6.62. The van der Waals surface area contributed by atoms with Gasteiger partial charge < -0.3 is 10.2 Å². The molecule has 1 aromatic heterocycles. The van der Waals surface area contributed by atoms with Crippen molar-refractivity contribution in [3.05, 3.63) is 30.2 Å². The standard InChI is InChI=1S/C14H17N3O2/c15-14(18)11-6-3-4-8-17(11)9-13-16-10-5-1-2-7-12(10)19-13/h1-2,5,7,11H,3-4,6,8-9H2,(H2,15,18)/t11-/m0/s1. The van der Waals surface area contributed by atoms with Crippen LogP contribution < -0.4 is 5.73 Å². The number of carbonyl (C=O) groups is 1. The Bertz CT molecular complexity index is 560. The van der Waals surface area contributed by atoms with Gasteiger partial charge in [-0.05, 0) is 31.5 Å². The lowest BCUT2D eigenvalue weighted by Crippen LogP contribution is -2.47. The van der Waals surface area contributed by atoms with Crippen LogP contribution in [0.3, 0.4) is 0 Å². The van der Waals surface area contributed by atoms with E-state index in [0.29, 0.717) is 12.4 Å². The molecule has 0 spiro atoms. The Balaban J connectivity index is 1.80. The molecule has 5 nitrogen and oxygen atoms in total. The number of fused-ring (bicyclic) bond motifs is 1. The van der Waals surface area contributed by atoms with Gasteiger partial charge in [0, 0.05) is 0 Å². The average Bonchev–Trinajstić information content (AvgIpc) is 2.81. The van der Waals surface area contributed by atoms with Gasteiger partial charge in [-0.1, -0.05) is 18.6 Å². The van der Waals surface area contributed by atoms with Crippen molar-refractivity contribution in [1.29, 1.82) is 0 Å². The van der Waals surface area contributed by atoms with Crippen molar-refractivity contribution in [3.8, 4) is 0 Å². The third-order valence-electron chi connectivity index (χ3n) is 3.62. The van der Waals surface area contributed by atoms with Gasteiger partial charge in [0.1, 0.15) is 5.52 Å². The quantitative estimate of drug-likeness (QED) is 0.910. The number of hydrogen-bond donors (Lipinski definition) is 1. The largest absolute Gasteiger partial charge is 0.439 e. The van der Waals surface area contributed by atoms with Gasteiger partial charge in [0.2, 0.25) is 11.8 Å². The number of aromatic nitrogens is 1. The monoisotopic (exact) mass is 259 g/mol.